The highest BCUT2D eigenvalue weighted by atomic mass is 19.1. The van der Waals surface area contributed by atoms with E-state index in [1.807, 2.05) is 62.9 Å². The highest BCUT2D eigenvalue weighted by Gasteiger charge is 2.33. The molecule has 8 nitrogen and oxygen atoms in total. The number of hydrogen-bond donors (Lipinski definition) is 0. The van der Waals surface area contributed by atoms with Crippen LogP contribution in [-0.4, -0.2) is 48.3 Å². The van der Waals surface area contributed by atoms with Gasteiger partial charge < -0.3 is 23.8 Å². The molecule has 0 radical (unpaired) electrons. The number of fused-ring (bicyclic) bond motifs is 1. The molecule has 1 aliphatic rings. The number of pyridine rings is 1. The molecular formula is C36H39FN2O6. The van der Waals surface area contributed by atoms with Crippen LogP contribution in [0.3, 0.4) is 0 Å². The summed E-state index contributed by atoms with van der Waals surface area (Å²) in [5, 5.41) is 0. The molecule has 0 spiro atoms. The number of hydrogen-bond acceptors (Lipinski definition) is 6. The van der Waals surface area contributed by atoms with Crippen LogP contribution in [0.5, 0.6) is 23.0 Å². The Bertz CT molecular complexity index is 1720. The van der Waals surface area contributed by atoms with E-state index in [2.05, 4.69) is 0 Å². The molecule has 0 bridgehead atoms. The average Bonchev–Trinajstić information content (AvgIpc) is 3.03. The molecule has 1 unspecified atom stereocenters. The lowest BCUT2D eigenvalue weighted by Gasteiger charge is -2.38. The first-order chi connectivity index (χ1) is 21.9. The third-order valence-electron chi connectivity index (χ3n) is 7.73. The zero-order valence-electron chi connectivity index (χ0n) is 26.2. The lowest BCUT2D eigenvalue weighted by molar-refractivity contribution is 0.0658. The lowest BCUT2D eigenvalue weighted by atomic mass is 9.87. The number of carbonyl (C=O) groups excluding carboxylic acids is 1. The molecule has 0 N–H and O–H groups in total. The number of carbonyl (C=O) groups is 1. The zero-order chi connectivity index (χ0) is 31.9. The van der Waals surface area contributed by atoms with Crippen molar-refractivity contribution in [2.24, 2.45) is 0 Å². The fraction of sp³-hybridized carbons (Fsp3) is 0.333. The van der Waals surface area contributed by atoms with E-state index < -0.39 is 11.4 Å². The molecule has 1 aliphatic heterocycles. The molecular weight excluding hydrogens is 575 g/mol. The molecule has 0 saturated carbocycles. The fourth-order valence-electron chi connectivity index (χ4n) is 5.77. The van der Waals surface area contributed by atoms with Crippen molar-refractivity contribution in [3.63, 3.8) is 0 Å². The van der Waals surface area contributed by atoms with Gasteiger partial charge in [-0.3, -0.25) is 14.2 Å². The van der Waals surface area contributed by atoms with E-state index in [0.29, 0.717) is 68.8 Å². The van der Waals surface area contributed by atoms with Crippen molar-refractivity contribution < 1.29 is 28.1 Å². The van der Waals surface area contributed by atoms with E-state index in [-0.39, 0.29) is 23.2 Å². The van der Waals surface area contributed by atoms with E-state index in [1.54, 1.807) is 12.1 Å². The molecule has 5 rings (SSSR count). The standard InChI is InChI=1S/C36H39FN2O6/c1-5-42-31-15-13-24(20-32(31)43-6-2)19-30-27-22-34(45-8-4)33(44-7-3)21-25(27)17-18-38(30)36(41)26-14-16-35(40)39(23-26)29-12-10-9-11-28(29)37/h9-16,20-23,30H,5-8,17-19H2,1-4H3. The third-order valence-corrected chi connectivity index (χ3v) is 7.73. The number of para-hydroxylation sites is 1. The molecule has 1 amide bonds. The Morgan fingerprint density at radius 2 is 1.44 bits per heavy atom. The highest BCUT2D eigenvalue weighted by molar-refractivity contribution is 5.94. The fourth-order valence-corrected chi connectivity index (χ4v) is 5.77. The van der Waals surface area contributed by atoms with Gasteiger partial charge in [0.2, 0.25) is 0 Å². The molecule has 2 heterocycles. The summed E-state index contributed by atoms with van der Waals surface area (Å²) in [6.45, 7) is 10.1. The minimum Gasteiger partial charge on any atom is -0.490 e. The van der Waals surface area contributed by atoms with Gasteiger partial charge in [-0.2, -0.15) is 0 Å². The number of nitrogens with zero attached hydrogens (tertiary/aromatic N) is 2. The van der Waals surface area contributed by atoms with Gasteiger partial charge in [-0.05, 0) is 99.7 Å². The zero-order valence-corrected chi connectivity index (χ0v) is 26.2. The number of amides is 1. The quantitative estimate of drug-likeness (QED) is 0.180. The molecule has 1 atom stereocenters. The predicted molar refractivity (Wildman–Crippen MR) is 171 cm³/mol. The number of ether oxygens (including phenoxy) is 4. The van der Waals surface area contributed by atoms with Gasteiger partial charge >= 0.3 is 0 Å². The van der Waals surface area contributed by atoms with Crippen LogP contribution in [0.4, 0.5) is 4.39 Å². The van der Waals surface area contributed by atoms with Gasteiger partial charge in [0.05, 0.1) is 43.7 Å². The Hall–Kier alpha value is -4.79. The van der Waals surface area contributed by atoms with Gasteiger partial charge in [0, 0.05) is 18.8 Å². The molecule has 0 fully saturated rings. The van der Waals surface area contributed by atoms with E-state index in [9.17, 15) is 14.0 Å². The van der Waals surface area contributed by atoms with Crippen LogP contribution in [0.2, 0.25) is 0 Å². The first kappa shape index (κ1) is 31.6. The topological polar surface area (TPSA) is 79.2 Å². The summed E-state index contributed by atoms with van der Waals surface area (Å²) in [5.74, 6) is 1.78. The van der Waals surface area contributed by atoms with Crippen molar-refractivity contribution in [3.8, 4) is 28.7 Å². The Morgan fingerprint density at radius 3 is 2.13 bits per heavy atom. The summed E-state index contributed by atoms with van der Waals surface area (Å²) in [6, 6.07) is 18.3. The Kier molecular flexibility index (Phi) is 10.1. The minimum atomic E-state index is -0.553. The summed E-state index contributed by atoms with van der Waals surface area (Å²) >= 11 is 0. The molecule has 1 aromatic heterocycles. The van der Waals surface area contributed by atoms with Crippen molar-refractivity contribution >= 4 is 5.91 Å². The average molecular weight is 615 g/mol. The summed E-state index contributed by atoms with van der Waals surface area (Å²) in [4.78, 5) is 28.9. The van der Waals surface area contributed by atoms with Gasteiger partial charge in [0.15, 0.2) is 23.0 Å². The Morgan fingerprint density at radius 1 is 0.800 bits per heavy atom. The van der Waals surface area contributed by atoms with Crippen LogP contribution in [0.1, 0.15) is 60.8 Å². The molecule has 9 heteroatoms. The second kappa shape index (κ2) is 14.3. The number of halogens is 1. The monoisotopic (exact) mass is 614 g/mol. The van der Waals surface area contributed by atoms with Crippen molar-refractivity contribution in [2.45, 2.75) is 46.6 Å². The summed E-state index contributed by atoms with van der Waals surface area (Å²) < 4.78 is 39.4. The Labute approximate surface area is 262 Å². The number of aromatic nitrogens is 1. The lowest BCUT2D eigenvalue weighted by Crippen LogP contribution is -2.41. The number of rotatable bonds is 12. The first-order valence-corrected chi connectivity index (χ1v) is 15.5. The van der Waals surface area contributed by atoms with Crippen molar-refractivity contribution in [1.29, 1.82) is 0 Å². The van der Waals surface area contributed by atoms with Gasteiger partial charge in [0.1, 0.15) is 5.82 Å². The second-order valence-corrected chi connectivity index (χ2v) is 10.6. The molecule has 236 valence electrons. The van der Waals surface area contributed by atoms with E-state index >= 15 is 0 Å². The second-order valence-electron chi connectivity index (χ2n) is 10.6. The van der Waals surface area contributed by atoms with Crippen LogP contribution in [0, 0.1) is 5.82 Å². The summed E-state index contributed by atoms with van der Waals surface area (Å²) in [6.07, 6.45) is 2.51. The SMILES string of the molecule is CCOc1ccc(CC2c3cc(OCC)c(OCC)cc3CCN2C(=O)c2ccc(=O)n(-c3ccccc3F)c2)cc1OCC. The van der Waals surface area contributed by atoms with E-state index in [4.69, 9.17) is 18.9 Å². The normalized spacial score (nSPS) is 14.1. The maximum Gasteiger partial charge on any atom is 0.255 e. The maximum atomic E-state index is 14.7. The number of benzene rings is 3. The van der Waals surface area contributed by atoms with Crippen LogP contribution >= 0.6 is 0 Å². The van der Waals surface area contributed by atoms with E-state index in [0.717, 1.165) is 16.7 Å². The summed E-state index contributed by atoms with van der Waals surface area (Å²) in [7, 11) is 0. The predicted octanol–water partition coefficient (Wildman–Crippen LogP) is 6.55. The van der Waals surface area contributed by atoms with E-state index in [1.165, 1.54) is 35.0 Å². The molecule has 0 aliphatic carbocycles. The molecule has 45 heavy (non-hydrogen) atoms. The molecule has 4 aromatic rings. The third kappa shape index (κ3) is 6.82. The molecule has 3 aromatic carbocycles. The smallest absolute Gasteiger partial charge is 0.255 e. The van der Waals surface area contributed by atoms with Crippen molar-refractivity contribution in [2.75, 3.05) is 33.0 Å². The van der Waals surface area contributed by atoms with Crippen molar-refractivity contribution in [1.82, 2.24) is 9.47 Å². The van der Waals surface area contributed by atoms with Crippen LogP contribution in [-0.2, 0) is 12.8 Å². The largest absolute Gasteiger partial charge is 0.490 e. The maximum absolute atomic E-state index is 14.7. The Balaban J connectivity index is 1.59. The van der Waals surface area contributed by atoms with Crippen molar-refractivity contribution in [3.05, 3.63) is 111 Å². The molecule has 0 saturated heterocycles. The first-order valence-electron chi connectivity index (χ1n) is 15.5. The van der Waals surface area contributed by atoms with Gasteiger partial charge in [-0.15, -0.1) is 0 Å². The van der Waals surface area contributed by atoms with Crippen LogP contribution in [0.25, 0.3) is 5.69 Å². The van der Waals surface area contributed by atoms with Gasteiger partial charge in [-0.25, -0.2) is 4.39 Å². The summed E-state index contributed by atoms with van der Waals surface area (Å²) in [5.41, 5.74) is 2.92. The van der Waals surface area contributed by atoms with Crippen LogP contribution < -0.4 is 24.5 Å². The van der Waals surface area contributed by atoms with Crippen LogP contribution in [0.15, 0.2) is 77.7 Å². The van der Waals surface area contributed by atoms with Gasteiger partial charge in [0.25, 0.3) is 11.5 Å². The van der Waals surface area contributed by atoms with Gasteiger partial charge in [-0.1, -0.05) is 18.2 Å². The highest BCUT2D eigenvalue weighted by Crippen LogP contribution is 2.41. The minimum absolute atomic E-state index is 0.0836.